The van der Waals surface area contributed by atoms with Gasteiger partial charge in [-0.3, -0.25) is 4.79 Å². The van der Waals surface area contributed by atoms with Crippen molar-refractivity contribution in [2.24, 2.45) is 5.92 Å². The van der Waals surface area contributed by atoms with Crippen molar-refractivity contribution in [1.82, 2.24) is 15.3 Å². The number of nitrogens with one attached hydrogen (secondary N) is 1. The Morgan fingerprint density at radius 3 is 2.50 bits per heavy atom. The number of hydrogen-bond donors (Lipinski definition) is 1. The van der Waals surface area contributed by atoms with Gasteiger partial charge in [0.15, 0.2) is 0 Å². The molecule has 188 valence electrons. The van der Waals surface area contributed by atoms with E-state index in [1.165, 1.54) is 12.1 Å². The molecule has 0 unspecified atom stereocenters. The van der Waals surface area contributed by atoms with Crippen LogP contribution in [0.1, 0.15) is 72.6 Å². The maximum Gasteiger partial charge on any atom is 0.255 e. The Morgan fingerprint density at radius 1 is 1.08 bits per heavy atom. The Kier molecular flexibility index (Phi) is 6.99. The highest BCUT2D eigenvalue weighted by Crippen LogP contribution is 2.47. The lowest BCUT2D eigenvalue weighted by Gasteiger charge is -2.34. The van der Waals surface area contributed by atoms with Crippen LogP contribution in [0.2, 0.25) is 0 Å². The summed E-state index contributed by atoms with van der Waals surface area (Å²) in [7, 11) is 0. The average Bonchev–Trinajstić information content (AvgIpc) is 3.40. The molecule has 1 N–H and O–H groups in total. The Bertz CT molecular complexity index is 1220. The lowest BCUT2D eigenvalue weighted by Crippen LogP contribution is -2.37. The van der Waals surface area contributed by atoms with E-state index in [-0.39, 0.29) is 23.4 Å². The molecule has 1 aliphatic heterocycles. The molecular weight excluding hydrogens is 458 g/mol. The number of anilines is 1. The molecule has 5 rings (SSSR count). The molecule has 0 radical (unpaired) electrons. The maximum atomic E-state index is 14.2. The minimum Gasteiger partial charge on any atom is -0.348 e. The van der Waals surface area contributed by atoms with Gasteiger partial charge < -0.3 is 10.2 Å². The summed E-state index contributed by atoms with van der Waals surface area (Å²) in [5.41, 5.74) is 2.16. The first-order valence-corrected chi connectivity index (χ1v) is 12.9. The van der Waals surface area contributed by atoms with Crippen LogP contribution in [0.15, 0.2) is 54.7 Å². The molecule has 0 bridgehead atoms. The molecule has 2 fully saturated rings. The molecule has 3 aromatic rings. The van der Waals surface area contributed by atoms with Gasteiger partial charge in [0.2, 0.25) is 5.95 Å². The van der Waals surface area contributed by atoms with Crippen molar-refractivity contribution in [3.8, 4) is 0 Å². The van der Waals surface area contributed by atoms with Crippen LogP contribution in [0.25, 0.3) is 0 Å². The number of nitrogens with zero attached hydrogens (tertiary/aromatic N) is 3. The Balaban J connectivity index is 1.52. The van der Waals surface area contributed by atoms with Crippen LogP contribution in [0, 0.1) is 17.6 Å². The number of carbonyl (C=O) groups is 1. The van der Waals surface area contributed by atoms with E-state index in [1.54, 1.807) is 6.20 Å². The highest BCUT2D eigenvalue weighted by molar-refractivity contribution is 5.95. The smallest absolute Gasteiger partial charge is 0.255 e. The predicted molar refractivity (Wildman–Crippen MR) is 136 cm³/mol. The second-order valence-corrected chi connectivity index (χ2v) is 10.2. The maximum absolute atomic E-state index is 14.2. The van der Waals surface area contributed by atoms with Gasteiger partial charge in [-0.1, -0.05) is 56.2 Å². The van der Waals surface area contributed by atoms with E-state index < -0.39 is 11.6 Å². The minimum atomic E-state index is -0.682. The fourth-order valence-corrected chi connectivity index (χ4v) is 5.60. The lowest BCUT2D eigenvalue weighted by molar-refractivity contribution is 0.0947. The molecule has 1 saturated carbocycles. The third-order valence-electron chi connectivity index (χ3n) is 7.78. The third kappa shape index (κ3) is 4.84. The number of aromatic nitrogens is 2. The molecular formula is C29H32F2N4O. The molecule has 0 atom stereocenters. The zero-order valence-corrected chi connectivity index (χ0v) is 20.6. The van der Waals surface area contributed by atoms with Crippen molar-refractivity contribution in [3.05, 3.63) is 88.7 Å². The lowest BCUT2D eigenvalue weighted by atomic mass is 9.74. The molecule has 0 spiro atoms. The Labute approximate surface area is 211 Å². The van der Waals surface area contributed by atoms with Crippen LogP contribution in [0.5, 0.6) is 0 Å². The van der Waals surface area contributed by atoms with Crippen molar-refractivity contribution in [3.63, 3.8) is 0 Å². The van der Waals surface area contributed by atoms with E-state index in [4.69, 9.17) is 4.98 Å². The zero-order valence-electron chi connectivity index (χ0n) is 20.6. The third-order valence-corrected chi connectivity index (χ3v) is 7.78. The second-order valence-electron chi connectivity index (χ2n) is 10.2. The van der Waals surface area contributed by atoms with Crippen LogP contribution in [-0.4, -0.2) is 29.0 Å². The Morgan fingerprint density at radius 2 is 1.81 bits per heavy atom. The van der Waals surface area contributed by atoms with Gasteiger partial charge in [0, 0.05) is 42.9 Å². The van der Waals surface area contributed by atoms with Crippen molar-refractivity contribution < 1.29 is 13.6 Å². The SMILES string of the molecule is CC1CCN(c2ncc(C(=O)NCc3ccc(F)cc3F)c(C3(c4ccccc4)CCCC3)n2)CC1. The van der Waals surface area contributed by atoms with Gasteiger partial charge in [0.05, 0.1) is 11.3 Å². The topological polar surface area (TPSA) is 58.1 Å². The highest BCUT2D eigenvalue weighted by atomic mass is 19.1. The molecule has 2 heterocycles. The van der Waals surface area contributed by atoms with Crippen molar-refractivity contribution >= 4 is 11.9 Å². The highest BCUT2D eigenvalue weighted by Gasteiger charge is 2.42. The van der Waals surface area contributed by atoms with E-state index in [0.29, 0.717) is 17.4 Å². The molecule has 1 aromatic heterocycles. The van der Waals surface area contributed by atoms with Gasteiger partial charge in [-0.2, -0.15) is 0 Å². The number of carbonyl (C=O) groups excluding carboxylic acids is 1. The monoisotopic (exact) mass is 490 g/mol. The largest absolute Gasteiger partial charge is 0.348 e. The van der Waals surface area contributed by atoms with E-state index >= 15 is 0 Å². The summed E-state index contributed by atoms with van der Waals surface area (Å²) < 4.78 is 27.5. The average molecular weight is 491 g/mol. The molecule has 5 nitrogen and oxygen atoms in total. The molecule has 1 amide bonds. The van der Waals surface area contributed by atoms with E-state index in [2.05, 4.69) is 34.3 Å². The minimum absolute atomic E-state index is 0.0471. The molecule has 36 heavy (non-hydrogen) atoms. The van der Waals surface area contributed by atoms with Crippen molar-refractivity contribution in [2.75, 3.05) is 18.0 Å². The normalized spacial score (nSPS) is 17.8. The van der Waals surface area contributed by atoms with Crippen LogP contribution >= 0.6 is 0 Å². The number of benzene rings is 2. The van der Waals surface area contributed by atoms with Crippen LogP contribution in [-0.2, 0) is 12.0 Å². The van der Waals surface area contributed by atoms with Crippen molar-refractivity contribution in [1.29, 1.82) is 0 Å². The molecule has 1 aliphatic carbocycles. The first kappa shape index (κ1) is 24.3. The fourth-order valence-electron chi connectivity index (χ4n) is 5.60. The summed E-state index contributed by atoms with van der Waals surface area (Å²) in [5, 5.41) is 2.82. The van der Waals surface area contributed by atoms with E-state index in [9.17, 15) is 13.6 Å². The Hall–Kier alpha value is -3.35. The van der Waals surface area contributed by atoms with Crippen LogP contribution < -0.4 is 10.2 Å². The molecule has 2 aliphatic rings. The molecule has 1 saturated heterocycles. The fraction of sp³-hybridized carbons (Fsp3) is 0.414. The van der Waals surface area contributed by atoms with Gasteiger partial charge in [0.25, 0.3) is 5.91 Å². The number of hydrogen-bond acceptors (Lipinski definition) is 4. The summed E-state index contributed by atoms with van der Waals surface area (Å²) in [6.45, 7) is 4.01. The summed E-state index contributed by atoms with van der Waals surface area (Å²) in [5.74, 6) is -0.330. The van der Waals surface area contributed by atoms with Gasteiger partial charge in [0.1, 0.15) is 11.6 Å². The van der Waals surface area contributed by atoms with Crippen LogP contribution in [0.3, 0.4) is 0 Å². The molecule has 7 heteroatoms. The van der Waals surface area contributed by atoms with E-state index in [1.807, 2.05) is 18.2 Å². The second kappa shape index (κ2) is 10.3. The zero-order chi connectivity index (χ0) is 25.1. The van der Waals surface area contributed by atoms with Gasteiger partial charge in [-0.05, 0) is 43.2 Å². The van der Waals surface area contributed by atoms with Gasteiger partial charge in [-0.15, -0.1) is 0 Å². The van der Waals surface area contributed by atoms with Gasteiger partial charge >= 0.3 is 0 Å². The number of halogens is 2. The first-order chi connectivity index (χ1) is 17.5. The summed E-state index contributed by atoms with van der Waals surface area (Å²) in [6.07, 6.45) is 7.72. The summed E-state index contributed by atoms with van der Waals surface area (Å²) >= 11 is 0. The van der Waals surface area contributed by atoms with Crippen molar-refractivity contribution in [2.45, 2.75) is 57.4 Å². The number of amides is 1. The first-order valence-electron chi connectivity index (χ1n) is 12.9. The predicted octanol–water partition coefficient (Wildman–Crippen LogP) is 5.78. The summed E-state index contributed by atoms with van der Waals surface area (Å²) in [6, 6.07) is 13.7. The van der Waals surface area contributed by atoms with Crippen LogP contribution in [0.4, 0.5) is 14.7 Å². The standard InChI is InChI=1S/C29H32F2N4O/c1-20-11-15-35(16-12-20)28-33-19-24(27(36)32-18-21-9-10-23(30)17-25(21)31)26(34-28)29(13-5-6-14-29)22-7-3-2-4-8-22/h2-4,7-10,17,19-20H,5-6,11-16,18H2,1H3,(H,32,36). The van der Waals surface area contributed by atoms with Gasteiger partial charge in [-0.25, -0.2) is 18.7 Å². The quantitative estimate of drug-likeness (QED) is 0.476. The molecule has 2 aromatic carbocycles. The number of rotatable bonds is 6. The number of piperidine rings is 1. The summed E-state index contributed by atoms with van der Waals surface area (Å²) in [4.78, 5) is 25.4. The van der Waals surface area contributed by atoms with E-state index in [0.717, 1.165) is 68.9 Å².